The number of ether oxygens (including phenoxy) is 1. The Balaban J connectivity index is 1.67. The maximum Gasteiger partial charge on any atom is 0.307 e. The first-order valence-electron chi connectivity index (χ1n) is 7.26. The van der Waals surface area contributed by atoms with E-state index in [-0.39, 0.29) is 19.1 Å². The maximum atomic E-state index is 12.0. The van der Waals surface area contributed by atoms with Crippen LogP contribution in [0.3, 0.4) is 0 Å². The number of aliphatic carboxylic acids is 1. The molecule has 0 radical (unpaired) electrons. The Morgan fingerprint density at radius 3 is 2.59 bits per heavy atom. The van der Waals surface area contributed by atoms with E-state index in [0.29, 0.717) is 13.0 Å². The minimum absolute atomic E-state index is 0.125. The molecule has 22 heavy (non-hydrogen) atoms. The second kappa shape index (κ2) is 7.38. The van der Waals surface area contributed by atoms with E-state index in [4.69, 9.17) is 9.84 Å². The number of aliphatic hydroxyl groups excluding tert-OH is 1. The molecule has 0 unspecified atom stereocenters. The predicted octanol–water partition coefficient (Wildman–Crippen LogP) is 0.743. The van der Waals surface area contributed by atoms with Crippen LogP contribution >= 0.6 is 0 Å². The number of hydrogen-bond donors (Lipinski definition) is 2. The van der Waals surface area contributed by atoms with Crippen LogP contribution in [0.25, 0.3) is 0 Å². The van der Waals surface area contributed by atoms with Crippen molar-refractivity contribution in [1.29, 1.82) is 0 Å². The van der Waals surface area contributed by atoms with Crippen molar-refractivity contribution >= 4 is 11.9 Å². The van der Waals surface area contributed by atoms with Gasteiger partial charge in [-0.3, -0.25) is 9.59 Å². The van der Waals surface area contributed by atoms with Gasteiger partial charge in [0.15, 0.2) is 0 Å². The molecule has 1 aliphatic carbocycles. The number of likely N-dealkylation sites (N-methyl/N-ethyl adjacent to an activating group) is 1. The summed E-state index contributed by atoms with van der Waals surface area (Å²) in [5, 5.41) is 18.7. The number of carbonyl (C=O) groups excluding carboxylic acids is 1. The third kappa shape index (κ3) is 4.54. The highest BCUT2D eigenvalue weighted by molar-refractivity contribution is 5.89. The maximum absolute atomic E-state index is 12.0. The van der Waals surface area contributed by atoms with Gasteiger partial charge in [0.05, 0.1) is 31.2 Å². The van der Waals surface area contributed by atoms with Crippen LogP contribution < -0.4 is 0 Å². The highest BCUT2D eigenvalue weighted by Crippen LogP contribution is 2.39. The number of aliphatic hydroxyl groups is 1. The van der Waals surface area contributed by atoms with Gasteiger partial charge in [-0.2, -0.15) is 0 Å². The molecule has 0 aromatic heterocycles. The molecule has 1 amide bonds. The van der Waals surface area contributed by atoms with Crippen molar-refractivity contribution < 1.29 is 24.5 Å². The van der Waals surface area contributed by atoms with Crippen LogP contribution in [0.4, 0.5) is 0 Å². The molecular weight excluding hydrogens is 286 g/mol. The largest absolute Gasteiger partial charge is 0.481 e. The second-order valence-electron chi connectivity index (χ2n) is 5.66. The molecule has 120 valence electrons. The van der Waals surface area contributed by atoms with Crippen molar-refractivity contribution in [3.05, 3.63) is 35.9 Å². The molecular formula is C16H21NO5. The van der Waals surface area contributed by atoms with Gasteiger partial charge in [-0.25, -0.2) is 0 Å². The lowest BCUT2D eigenvalue weighted by Gasteiger charge is -2.21. The Kier molecular flexibility index (Phi) is 5.51. The van der Waals surface area contributed by atoms with Crippen LogP contribution in [0.2, 0.25) is 0 Å². The third-order valence-electron chi connectivity index (χ3n) is 3.71. The van der Waals surface area contributed by atoms with Crippen molar-refractivity contribution in [2.24, 2.45) is 11.8 Å². The van der Waals surface area contributed by atoms with Gasteiger partial charge in [-0.05, 0) is 12.0 Å². The number of benzene rings is 1. The zero-order chi connectivity index (χ0) is 16.1. The number of carboxylic acid groups (broad SMARTS) is 1. The van der Waals surface area contributed by atoms with Crippen molar-refractivity contribution in [3.8, 4) is 0 Å². The highest BCUT2D eigenvalue weighted by Gasteiger charge is 2.49. The van der Waals surface area contributed by atoms with Gasteiger partial charge >= 0.3 is 5.97 Å². The summed E-state index contributed by atoms with van der Waals surface area (Å²) >= 11 is 0. The summed E-state index contributed by atoms with van der Waals surface area (Å²) in [7, 11) is 1.57. The van der Waals surface area contributed by atoms with Crippen LogP contribution in [0.5, 0.6) is 0 Å². The lowest BCUT2D eigenvalue weighted by Crippen LogP contribution is -2.37. The molecule has 6 heteroatoms. The van der Waals surface area contributed by atoms with Gasteiger partial charge in [0, 0.05) is 13.6 Å². The van der Waals surface area contributed by atoms with Gasteiger partial charge in [0.2, 0.25) is 5.91 Å². The first-order chi connectivity index (χ1) is 10.5. The average molecular weight is 307 g/mol. The fraction of sp³-hybridized carbons (Fsp3) is 0.500. The molecule has 0 spiro atoms. The summed E-state index contributed by atoms with van der Waals surface area (Å²) < 4.78 is 5.42. The SMILES string of the molecule is CN(C[C@H](O)COCc1ccccc1)C(=O)[C@H]1C[C@@H]1C(=O)O. The lowest BCUT2D eigenvalue weighted by atomic mass is 10.2. The number of hydrogen-bond acceptors (Lipinski definition) is 4. The zero-order valence-corrected chi connectivity index (χ0v) is 12.5. The van der Waals surface area contributed by atoms with E-state index < -0.39 is 23.9 Å². The molecule has 0 bridgehead atoms. The van der Waals surface area contributed by atoms with E-state index in [9.17, 15) is 14.7 Å². The highest BCUT2D eigenvalue weighted by atomic mass is 16.5. The molecule has 1 saturated carbocycles. The van der Waals surface area contributed by atoms with E-state index in [1.54, 1.807) is 7.05 Å². The van der Waals surface area contributed by atoms with Gasteiger partial charge in [-0.15, -0.1) is 0 Å². The fourth-order valence-electron chi connectivity index (χ4n) is 2.37. The molecule has 0 aliphatic heterocycles. The minimum Gasteiger partial charge on any atom is -0.481 e. The van der Waals surface area contributed by atoms with Crippen LogP contribution in [0.1, 0.15) is 12.0 Å². The van der Waals surface area contributed by atoms with Gasteiger partial charge in [-0.1, -0.05) is 30.3 Å². The van der Waals surface area contributed by atoms with Crippen molar-refractivity contribution in [3.63, 3.8) is 0 Å². The Morgan fingerprint density at radius 1 is 1.32 bits per heavy atom. The van der Waals surface area contributed by atoms with Crippen molar-refractivity contribution in [2.45, 2.75) is 19.1 Å². The molecule has 6 nitrogen and oxygen atoms in total. The van der Waals surface area contributed by atoms with Crippen LogP contribution in [0.15, 0.2) is 30.3 Å². The summed E-state index contributed by atoms with van der Waals surface area (Å²) in [5.74, 6) is -2.17. The second-order valence-corrected chi connectivity index (χ2v) is 5.66. The van der Waals surface area contributed by atoms with E-state index >= 15 is 0 Å². The van der Waals surface area contributed by atoms with Gasteiger partial charge in [0.25, 0.3) is 0 Å². The smallest absolute Gasteiger partial charge is 0.307 e. The summed E-state index contributed by atoms with van der Waals surface area (Å²) in [5.41, 5.74) is 1.02. The number of nitrogens with zero attached hydrogens (tertiary/aromatic N) is 1. The minimum atomic E-state index is -0.932. The third-order valence-corrected chi connectivity index (χ3v) is 3.71. The summed E-state index contributed by atoms with van der Waals surface area (Å²) in [6.45, 7) is 0.662. The Labute approximate surface area is 129 Å². The van der Waals surface area contributed by atoms with E-state index in [0.717, 1.165) is 5.56 Å². The van der Waals surface area contributed by atoms with Gasteiger partial charge in [0.1, 0.15) is 0 Å². The van der Waals surface area contributed by atoms with Crippen molar-refractivity contribution in [1.82, 2.24) is 4.90 Å². The zero-order valence-electron chi connectivity index (χ0n) is 12.5. The molecule has 1 aromatic carbocycles. The lowest BCUT2D eigenvalue weighted by molar-refractivity contribution is -0.142. The summed E-state index contributed by atoms with van der Waals surface area (Å²) in [6, 6.07) is 9.61. The predicted molar refractivity (Wildman–Crippen MR) is 79.0 cm³/mol. The Bertz CT molecular complexity index is 519. The van der Waals surface area contributed by atoms with Gasteiger partial charge < -0.3 is 19.8 Å². The molecule has 3 atom stereocenters. The average Bonchev–Trinajstić information content (AvgIpc) is 3.28. The quantitative estimate of drug-likeness (QED) is 0.740. The van der Waals surface area contributed by atoms with Crippen LogP contribution in [-0.2, 0) is 20.9 Å². The summed E-state index contributed by atoms with van der Waals surface area (Å²) in [4.78, 5) is 24.1. The van der Waals surface area contributed by atoms with E-state index in [1.165, 1.54) is 4.90 Å². The van der Waals surface area contributed by atoms with Crippen LogP contribution in [-0.4, -0.2) is 53.3 Å². The Hall–Kier alpha value is -1.92. The molecule has 0 saturated heterocycles. The Morgan fingerprint density at radius 2 is 2.00 bits per heavy atom. The molecule has 2 N–H and O–H groups in total. The first-order valence-corrected chi connectivity index (χ1v) is 7.26. The topological polar surface area (TPSA) is 87.1 Å². The van der Waals surface area contributed by atoms with E-state index in [2.05, 4.69) is 0 Å². The summed E-state index contributed by atoms with van der Waals surface area (Å²) in [6.07, 6.45) is -0.404. The molecule has 1 aromatic rings. The number of carboxylic acids is 1. The number of rotatable bonds is 8. The van der Waals surface area contributed by atoms with Crippen molar-refractivity contribution in [2.75, 3.05) is 20.2 Å². The fourth-order valence-corrected chi connectivity index (χ4v) is 2.37. The molecule has 1 fully saturated rings. The first kappa shape index (κ1) is 16.5. The molecule has 2 rings (SSSR count). The normalized spacial score (nSPS) is 21.2. The number of carbonyl (C=O) groups is 2. The van der Waals surface area contributed by atoms with E-state index in [1.807, 2.05) is 30.3 Å². The van der Waals surface area contributed by atoms with Crippen LogP contribution in [0, 0.1) is 11.8 Å². The monoisotopic (exact) mass is 307 g/mol. The molecule has 0 heterocycles. The standard InChI is InChI=1S/C16H21NO5/c1-17(15(19)13-7-14(13)16(20)21)8-12(18)10-22-9-11-5-3-2-4-6-11/h2-6,12-14,18H,7-10H2,1H3,(H,20,21)/t12-,13-,14-/m0/s1. The molecule has 1 aliphatic rings. The number of amides is 1.